The number of hydrogen-bond acceptors (Lipinski definition) is 2. The standard InChI is InChI=1S/C14H19BrN2/c15-11-2-3-12-10(7-11)1-4-13(12)17-9-14(8-16)5-6-14/h2-3,7,13,17H,1,4-6,8-9,16H2/t13-/m1/s1. The van der Waals surface area contributed by atoms with Crippen molar-refractivity contribution < 1.29 is 0 Å². The van der Waals surface area contributed by atoms with Gasteiger partial charge in [-0.15, -0.1) is 0 Å². The van der Waals surface area contributed by atoms with E-state index in [1.807, 2.05) is 0 Å². The molecule has 0 aromatic heterocycles. The van der Waals surface area contributed by atoms with Crippen LogP contribution >= 0.6 is 15.9 Å². The van der Waals surface area contributed by atoms with Crippen molar-refractivity contribution in [3.05, 3.63) is 33.8 Å². The number of nitrogens with one attached hydrogen (secondary N) is 1. The Kier molecular flexibility index (Phi) is 3.01. The van der Waals surface area contributed by atoms with Crippen LogP contribution in [0.5, 0.6) is 0 Å². The highest BCUT2D eigenvalue weighted by molar-refractivity contribution is 9.10. The molecule has 1 fully saturated rings. The summed E-state index contributed by atoms with van der Waals surface area (Å²) in [7, 11) is 0. The van der Waals surface area contributed by atoms with Crippen molar-refractivity contribution in [3.8, 4) is 0 Å². The van der Waals surface area contributed by atoms with Crippen LogP contribution in [0.4, 0.5) is 0 Å². The van der Waals surface area contributed by atoms with Gasteiger partial charge in [0.1, 0.15) is 0 Å². The van der Waals surface area contributed by atoms with Crippen LogP contribution in [0.15, 0.2) is 22.7 Å². The summed E-state index contributed by atoms with van der Waals surface area (Å²) in [5, 5.41) is 3.72. The Morgan fingerprint density at radius 3 is 2.94 bits per heavy atom. The van der Waals surface area contributed by atoms with Gasteiger partial charge in [0.25, 0.3) is 0 Å². The Morgan fingerprint density at radius 1 is 1.41 bits per heavy atom. The van der Waals surface area contributed by atoms with Crippen LogP contribution in [0, 0.1) is 5.41 Å². The van der Waals surface area contributed by atoms with Gasteiger partial charge in [0.05, 0.1) is 0 Å². The van der Waals surface area contributed by atoms with Crippen molar-refractivity contribution >= 4 is 15.9 Å². The van der Waals surface area contributed by atoms with Gasteiger partial charge in [-0.1, -0.05) is 22.0 Å². The quantitative estimate of drug-likeness (QED) is 0.896. The molecule has 0 unspecified atom stereocenters. The van der Waals surface area contributed by atoms with Gasteiger partial charge in [-0.3, -0.25) is 0 Å². The Morgan fingerprint density at radius 2 is 2.24 bits per heavy atom. The first-order valence-corrected chi connectivity index (χ1v) is 7.24. The molecule has 2 aliphatic rings. The minimum Gasteiger partial charge on any atom is -0.330 e. The predicted molar refractivity (Wildman–Crippen MR) is 73.9 cm³/mol. The summed E-state index contributed by atoms with van der Waals surface area (Å²) in [6.07, 6.45) is 5.03. The van der Waals surface area contributed by atoms with E-state index >= 15 is 0 Å². The van der Waals surface area contributed by atoms with Gasteiger partial charge in [0, 0.05) is 17.1 Å². The SMILES string of the molecule is NCC1(CN[C@@H]2CCc3cc(Br)ccc32)CC1. The number of rotatable bonds is 4. The van der Waals surface area contributed by atoms with Crippen molar-refractivity contribution in [1.82, 2.24) is 5.32 Å². The largest absolute Gasteiger partial charge is 0.330 e. The molecule has 0 aliphatic heterocycles. The number of hydrogen-bond donors (Lipinski definition) is 2. The van der Waals surface area contributed by atoms with Gasteiger partial charge >= 0.3 is 0 Å². The van der Waals surface area contributed by atoms with E-state index in [4.69, 9.17) is 5.73 Å². The van der Waals surface area contributed by atoms with Crippen molar-refractivity contribution in [2.24, 2.45) is 11.1 Å². The first-order chi connectivity index (χ1) is 8.22. The van der Waals surface area contributed by atoms with Crippen LogP contribution in [-0.2, 0) is 6.42 Å². The highest BCUT2D eigenvalue weighted by Gasteiger charge is 2.41. The molecule has 0 spiro atoms. The molecule has 1 saturated carbocycles. The lowest BCUT2D eigenvalue weighted by atomic mass is 10.1. The fourth-order valence-electron chi connectivity index (χ4n) is 2.77. The number of halogens is 1. The fraction of sp³-hybridized carbons (Fsp3) is 0.571. The molecule has 3 heteroatoms. The van der Waals surface area contributed by atoms with E-state index in [2.05, 4.69) is 39.4 Å². The third-order valence-corrected chi connectivity index (χ3v) is 4.79. The van der Waals surface area contributed by atoms with Crippen molar-refractivity contribution in [2.45, 2.75) is 31.7 Å². The molecule has 0 saturated heterocycles. The summed E-state index contributed by atoms with van der Waals surface area (Å²) < 4.78 is 1.19. The Balaban J connectivity index is 1.67. The van der Waals surface area contributed by atoms with Crippen molar-refractivity contribution in [2.75, 3.05) is 13.1 Å². The van der Waals surface area contributed by atoms with Crippen molar-refractivity contribution in [3.63, 3.8) is 0 Å². The zero-order valence-electron chi connectivity index (χ0n) is 10.0. The van der Waals surface area contributed by atoms with Gasteiger partial charge in [-0.05, 0) is 60.9 Å². The second kappa shape index (κ2) is 4.38. The number of aryl methyl sites for hydroxylation is 1. The van der Waals surface area contributed by atoms with Gasteiger partial charge in [-0.2, -0.15) is 0 Å². The molecule has 1 atom stereocenters. The summed E-state index contributed by atoms with van der Waals surface area (Å²) in [5.74, 6) is 0. The van der Waals surface area contributed by atoms with E-state index < -0.39 is 0 Å². The molecule has 0 radical (unpaired) electrons. The Hall–Kier alpha value is -0.380. The van der Waals surface area contributed by atoms with Crippen LogP contribution in [0.1, 0.15) is 36.4 Å². The number of fused-ring (bicyclic) bond motifs is 1. The lowest BCUT2D eigenvalue weighted by molar-refractivity contribution is 0.420. The molecule has 0 heterocycles. The molecular weight excluding hydrogens is 276 g/mol. The summed E-state index contributed by atoms with van der Waals surface area (Å²) in [5.41, 5.74) is 9.23. The van der Waals surface area contributed by atoms with Crippen LogP contribution in [0.3, 0.4) is 0 Å². The maximum Gasteiger partial charge on any atom is 0.0326 e. The minimum atomic E-state index is 0.429. The topological polar surface area (TPSA) is 38.0 Å². The molecule has 0 amide bonds. The van der Waals surface area contributed by atoms with Crippen LogP contribution in [0.25, 0.3) is 0 Å². The average Bonchev–Trinajstić information content (AvgIpc) is 3.02. The minimum absolute atomic E-state index is 0.429. The molecular formula is C14H19BrN2. The fourth-order valence-corrected chi connectivity index (χ4v) is 3.18. The van der Waals surface area contributed by atoms with Crippen LogP contribution in [0.2, 0.25) is 0 Å². The van der Waals surface area contributed by atoms with Crippen LogP contribution in [-0.4, -0.2) is 13.1 Å². The van der Waals surface area contributed by atoms with Crippen molar-refractivity contribution in [1.29, 1.82) is 0 Å². The van der Waals surface area contributed by atoms with E-state index in [0.717, 1.165) is 13.1 Å². The second-order valence-electron chi connectivity index (χ2n) is 5.52. The zero-order chi connectivity index (χ0) is 11.9. The van der Waals surface area contributed by atoms with Gasteiger partial charge in [0.15, 0.2) is 0 Å². The first-order valence-electron chi connectivity index (χ1n) is 6.44. The van der Waals surface area contributed by atoms with E-state index in [0.29, 0.717) is 11.5 Å². The predicted octanol–water partition coefficient (Wildman–Crippen LogP) is 2.76. The number of benzene rings is 1. The maximum atomic E-state index is 5.82. The zero-order valence-corrected chi connectivity index (χ0v) is 11.6. The molecule has 3 rings (SSSR count). The van der Waals surface area contributed by atoms with E-state index in [9.17, 15) is 0 Å². The lowest BCUT2D eigenvalue weighted by Gasteiger charge is -2.19. The van der Waals surface area contributed by atoms with Gasteiger partial charge in [0.2, 0.25) is 0 Å². The summed E-state index contributed by atoms with van der Waals surface area (Å²) in [6, 6.07) is 7.20. The monoisotopic (exact) mass is 294 g/mol. The van der Waals surface area contributed by atoms with Gasteiger partial charge < -0.3 is 11.1 Å². The van der Waals surface area contributed by atoms with E-state index in [-0.39, 0.29) is 0 Å². The second-order valence-corrected chi connectivity index (χ2v) is 6.44. The highest BCUT2D eigenvalue weighted by atomic mass is 79.9. The molecule has 17 heavy (non-hydrogen) atoms. The third kappa shape index (κ3) is 2.28. The summed E-state index contributed by atoms with van der Waals surface area (Å²) in [6.45, 7) is 1.92. The Bertz CT molecular complexity index is 426. The molecule has 1 aromatic carbocycles. The summed E-state index contributed by atoms with van der Waals surface area (Å²) >= 11 is 3.54. The van der Waals surface area contributed by atoms with E-state index in [1.54, 1.807) is 0 Å². The molecule has 3 N–H and O–H groups in total. The summed E-state index contributed by atoms with van der Waals surface area (Å²) in [4.78, 5) is 0. The Labute approximate surface area is 111 Å². The molecule has 2 nitrogen and oxygen atoms in total. The van der Waals surface area contributed by atoms with E-state index in [1.165, 1.54) is 41.3 Å². The number of nitrogens with two attached hydrogens (primary N) is 1. The lowest BCUT2D eigenvalue weighted by Crippen LogP contribution is -2.31. The third-order valence-electron chi connectivity index (χ3n) is 4.30. The molecule has 0 bridgehead atoms. The molecule has 92 valence electrons. The highest BCUT2D eigenvalue weighted by Crippen LogP contribution is 2.44. The normalized spacial score (nSPS) is 24.7. The van der Waals surface area contributed by atoms with Crippen LogP contribution < -0.4 is 11.1 Å². The first kappa shape index (κ1) is 11.7. The van der Waals surface area contributed by atoms with Gasteiger partial charge in [-0.25, -0.2) is 0 Å². The molecule has 2 aliphatic carbocycles. The average molecular weight is 295 g/mol. The molecule has 1 aromatic rings. The smallest absolute Gasteiger partial charge is 0.0326 e. The maximum absolute atomic E-state index is 5.82.